The maximum atomic E-state index is 11.7. The fourth-order valence-electron chi connectivity index (χ4n) is 6.45. The van der Waals surface area contributed by atoms with Gasteiger partial charge in [-0.05, 0) is 81.6 Å². The molecule has 1 N–H and O–H groups in total. The molecule has 22 heavy (non-hydrogen) atoms. The Morgan fingerprint density at radius 2 is 2.00 bits per heavy atom. The molecule has 6 atom stereocenters. The lowest BCUT2D eigenvalue weighted by Gasteiger charge is -2.54. The molecule has 0 heterocycles. The van der Waals surface area contributed by atoms with Gasteiger partial charge in [0.05, 0.1) is 11.0 Å². The summed E-state index contributed by atoms with van der Waals surface area (Å²) in [6, 6.07) is 0. The van der Waals surface area contributed by atoms with Crippen molar-refractivity contribution >= 4 is 5.78 Å². The van der Waals surface area contributed by atoms with E-state index in [0.717, 1.165) is 51.4 Å². The first-order valence-corrected chi connectivity index (χ1v) is 8.92. The van der Waals surface area contributed by atoms with Gasteiger partial charge in [0.2, 0.25) is 0 Å². The SMILES string of the molecule is C#C[C@]12CC[C@H]3[C@@H](CCC4=CC(=O)CC[C@@H]43)[C@@H]1CC[C@]2(C)O. The molecule has 0 aromatic rings. The molecular formula is C20H26O2. The number of allylic oxidation sites excluding steroid dienone is 1. The summed E-state index contributed by atoms with van der Waals surface area (Å²) in [5.74, 6) is 5.81. The van der Waals surface area contributed by atoms with Crippen molar-refractivity contribution in [2.75, 3.05) is 0 Å². The van der Waals surface area contributed by atoms with Gasteiger partial charge in [-0.1, -0.05) is 11.5 Å². The molecule has 0 bridgehead atoms. The molecule has 2 heteroatoms. The van der Waals surface area contributed by atoms with Crippen LogP contribution >= 0.6 is 0 Å². The van der Waals surface area contributed by atoms with Crippen molar-refractivity contribution in [2.45, 2.75) is 63.9 Å². The molecule has 0 radical (unpaired) electrons. The molecule has 3 fully saturated rings. The predicted octanol–water partition coefficient (Wildman–Crippen LogP) is 3.49. The molecule has 0 amide bonds. The molecule has 0 unspecified atom stereocenters. The number of carbonyl (C=O) groups excluding carboxylic acids is 1. The molecular weight excluding hydrogens is 272 g/mol. The van der Waals surface area contributed by atoms with Crippen molar-refractivity contribution in [3.8, 4) is 12.3 Å². The average Bonchev–Trinajstić information content (AvgIpc) is 2.78. The first-order valence-electron chi connectivity index (χ1n) is 8.92. The highest BCUT2D eigenvalue weighted by molar-refractivity contribution is 5.91. The van der Waals surface area contributed by atoms with Crippen LogP contribution in [0.1, 0.15) is 58.3 Å². The zero-order valence-corrected chi connectivity index (χ0v) is 13.5. The number of rotatable bonds is 0. The Bertz CT molecular complexity index is 579. The van der Waals surface area contributed by atoms with E-state index in [0.29, 0.717) is 29.5 Å². The van der Waals surface area contributed by atoms with Crippen LogP contribution in [-0.4, -0.2) is 16.5 Å². The fourth-order valence-corrected chi connectivity index (χ4v) is 6.45. The number of hydrogen-bond acceptors (Lipinski definition) is 2. The first-order chi connectivity index (χ1) is 10.5. The molecule has 0 aromatic carbocycles. The number of terminal acetylenes is 1. The Hall–Kier alpha value is -1.07. The number of carbonyl (C=O) groups is 1. The van der Waals surface area contributed by atoms with E-state index in [1.807, 2.05) is 13.0 Å². The van der Waals surface area contributed by atoms with Gasteiger partial charge in [0.25, 0.3) is 0 Å². The summed E-state index contributed by atoms with van der Waals surface area (Å²) in [5.41, 5.74) is 0.408. The van der Waals surface area contributed by atoms with Crippen LogP contribution in [0.3, 0.4) is 0 Å². The summed E-state index contributed by atoms with van der Waals surface area (Å²) in [5, 5.41) is 10.9. The van der Waals surface area contributed by atoms with Crippen molar-refractivity contribution in [1.29, 1.82) is 0 Å². The minimum Gasteiger partial charge on any atom is -0.389 e. The molecule has 4 rings (SSSR count). The van der Waals surface area contributed by atoms with Crippen molar-refractivity contribution in [3.63, 3.8) is 0 Å². The van der Waals surface area contributed by atoms with E-state index >= 15 is 0 Å². The molecule has 0 aromatic heterocycles. The first kappa shape index (κ1) is 14.5. The number of fused-ring (bicyclic) bond motifs is 5. The lowest BCUT2D eigenvalue weighted by atomic mass is 9.50. The fraction of sp³-hybridized carbons (Fsp3) is 0.750. The van der Waals surface area contributed by atoms with Crippen LogP contribution in [0, 0.1) is 41.4 Å². The summed E-state index contributed by atoms with van der Waals surface area (Å²) in [7, 11) is 0. The average molecular weight is 298 g/mol. The normalized spacial score (nSPS) is 50.4. The Kier molecular flexibility index (Phi) is 3.11. The standard InChI is InChI=1S/C20H26O2/c1-3-20-11-8-16-15-7-5-14(21)12-13(15)4-6-17(16)18(20)9-10-19(20,2)22/h1,12,15-18,22H,4-11H2,2H3/t15-,16+,17+,18-,19-,20-/m0/s1. The molecule has 4 aliphatic carbocycles. The topological polar surface area (TPSA) is 37.3 Å². The summed E-state index contributed by atoms with van der Waals surface area (Å²) in [6.45, 7) is 1.96. The molecule has 4 aliphatic rings. The van der Waals surface area contributed by atoms with Gasteiger partial charge >= 0.3 is 0 Å². The third kappa shape index (κ3) is 1.75. The van der Waals surface area contributed by atoms with E-state index in [1.165, 1.54) is 5.57 Å². The minimum absolute atomic E-state index is 0.306. The van der Waals surface area contributed by atoms with Gasteiger partial charge in [0, 0.05) is 6.42 Å². The molecule has 0 saturated heterocycles. The Balaban J connectivity index is 1.67. The number of aliphatic hydroxyl groups is 1. The van der Waals surface area contributed by atoms with E-state index in [-0.39, 0.29) is 5.41 Å². The third-order valence-corrected chi connectivity index (χ3v) is 7.54. The van der Waals surface area contributed by atoms with Gasteiger partial charge in [-0.25, -0.2) is 0 Å². The van der Waals surface area contributed by atoms with Crippen LogP contribution in [0.5, 0.6) is 0 Å². The van der Waals surface area contributed by atoms with Gasteiger partial charge in [-0.3, -0.25) is 4.79 Å². The van der Waals surface area contributed by atoms with E-state index in [9.17, 15) is 9.90 Å². The van der Waals surface area contributed by atoms with E-state index in [4.69, 9.17) is 6.42 Å². The van der Waals surface area contributed by atoms with E-state index in [1.54, 1.807) is 0 Å². The van der Waals surface area contributed by atoms with Crippen molar-refractivity contribution in [3.05, 3.63) is 11.6 Å². The molecule has 3 saturated carbocycles. The summed E-state index contributed by atoms with van der Waals surface area (Å²) in [6.07, 6.45) is 15.9. The lowest BCUT2D eigenvalue weighted by Crippen LogP contribution is -2.52. The number of hydrogen-bond donors (Lipinski definition) is 1. The van der Waals surface area contributed by atoms with Crippen molar-refractivity contribution < 1.29 is 9.90 Å². The zero-order valence-electron chi connectivity index (χ0n) is 13.5. The van der Waals surface area contributed by atoms with Gasteiger partial charge in [0.1, 0.15) is 0 Å². The predicted molar refractivity (Wildman–Crippen MR) is 85.9 cm³/mol. The minimum atomic E-state index is -0.698. The van der Waals surface area contributed by atoms with Crippen LogP contribution < -0.4 is 0 Å². The second-order valence-electron chi connectivity index (χ2n) is 8.27. The maximum Gasteiger partial charge on any atom is 0.155 e. The Morgan fingerprint density at radius 3 is 2.77 bits per heavy atom. The summed E-state index contributed by atoms with van der Waals surface area (Å²) < 4.78 is 0. The monoisotopic (exact) mass is 298 g/mol. The van der Waals surface area contributed by atoms with Gasteiger partial charge < -0.3 is 5.11 Å². The second-order valence-corrected chi connectivity index (χ2v) is 8.27. The Morgan fingerprint density at radius 1 is 1.18 bits per heavy atom. The quantitative estimate of drug-likeness (QED) is 0.695. The molecule has 2 nitrogen and oxygen atoms in total. The van der Waals surface area contributed by atoms with Crippen LogP contribution in [0.2, 0.25) is 0 Å². The van der Waals surface area contributed by atoms with Crippen LogP contribution in [0.25, 0.3) is 0 Å². The highest BCUT2D eigenvalue weighted by atomic mass is 16.3. The molecule has 0 spiro atoms. The van der Waals surface area contributed by atoms with Crippen molar-refractivity contribution in [2.24, 2.45) is 29.1 Å². The highest BCUT2D eigenvalue weighted by Crippen LogP contribution is 2.64. The van der Waals surface area contributed by atoms with Crippen LogP contribution in [-0.2, 0) is 4.79 Å². The lowest BCUT2D eigenvalue weighted by molar-refractivity contribution is -0.116. The molecule has 0 aliphatic heterocycles. The largest absolute Gasteiger partial charge is 0.389 e. The Labute approximate surface area is 133 Å². The van der Waals surface area contributed by atoms with Crippen LogP contribution in [0.15, 0.2) is 11.6 Å². The number of ketones is 1. The summed E-state index contributed by atoms with van der Waals surface area (Å²) in [4.78, 5) is 11.7. The van der Waals surface area contributed by atoms with Crippen LogP contribution in [0.4, 0.5) is 0 Å². The second kappa shape index (κ2) is 4.71. The zero-order chi connectivity index (χ0) is 15.5. The van der Waals surface area contributed by atoms with Gasteiger partial charge in [-0.15, -0.1) is 6.42 Å². The summed E-state index contributed by atoms with van der Waals surface area (Å²) >= 11 is 0. The third-order valence-electron chi connectivity index (χ3n) is 7.54. The highest BCUT2D eigenvalue weighted by Gasteiger charge is 2.62. The van der Waals surface area contributed by atoms with E-state index < -0.39 is 5.60 Å². The van der Waals surface area contributed by atoms with Gasteiger partial charge in [0.15, 0.2) is 5.78 Å². The van der Waals surface area contributed by atoms with Crippen molar-refractivity contribution in [1.82, 2.24) is 0 Å². The smallest absolute Gasteiger partial charge is 0.155 e. The molecule has 118 valence electrons. The maximum absolute atomic E-state index is 11.7. The van der Waals surface area contributed by atoms with E-state index in [2.05, 4.69) is 5.92 Å². The van der Waals surface area contributed by atoms with Gasteiger partial charge in [-0.2, -0.15) is 0 Å².